The second-order valence-corrected chi connectivity index (χ2v) is 7.78. The van der Waals surface area contributed by atoms with Crippen LogP contribution in [0.25, 0.3) is 22.2 Å². The smallest absolute Gasteiger partial charge is 0.154 e. The van der Waals surface area contributed by atoms with E-state index in [1.54, 1.807) is 30.7 Å². The first-order chi connectivity index (χ1) is 17.3. The Morgan fingerprint density at radius 2 is 1.79 bits per heavy atom. The summed E-state index contributed by atoms with van der Waals surface area (Å²) in [5.41, 5.74) is 5.29. The topological polar surface area (TPSA) is 65.4 Å². The molecule has 6 nitrogen and oxygen atoms in total. The van der Waals surface area contributed by atoms with Crippen LogP contribution in [0.2, 0.25) is 0 Å². The Morgan fingerprint density at radius 1 is 0.941 bits per heavy atom. The average molecular weight is 629 g/mol. The number of hydrogen-bond acceptors (Lipinski definition) is 6. The van der Waals surface area contributed by atoms with Crippen LogP contribution in [-0.2, 0) is 21.1 Å². The third-order valence-electron chi connectivity index (χ3n) is 5.86. The van der Waals surface area contributed by atoms with E-state index in [9.17, 15) is 5.11 Å². The second-order valence-electron chi connectivity index (χ2n) is 7.78. The molecule has 5 aromatic rings. The third kappa shape index (κ3) is 3.42. The number of aryl methyl sites for hydroxylation is 1. The van der Waals surface area contributed by atoms with E-state index in [4.69, 9.17) is 4.11 Å². The minimum atomic E-state index is -2.32. The molecule has 0 radical (unpaired) electrons. The number of phenols is 1. The Hall–Kier alpha value is -3.76. The maximum atomic E-state index is 10.5. The van der Waals surface area contributed by atoms with Crippen molar-refractivity contribution in [2.45, 2.75) is 6.85 Å². The standard InChI is InChI=1S/C27H20N5O.Pt/c1-17-7-12-25(33)27-19(17)9-10-20(30-27)18-8-11-22-24(15-18)32(26-16-28-13-14-29-26)23-6-4-3-5-21(23)31(22)2;/h3-14,16,33H,1-2H3;/q-1;/i1D3;. The number of phenolic OH excluding ortho intramolecular Hbond substituents is 1. The molecule has 0 fully saturated rings. The maximum Gasteiger partial charge on any atom is 0.154 e. The van der Waals surface area contributed by atoms with Crippen LogP contribution in [0.1, 0.15) is 9.68 Å². The number of nitrogens with zero attached hydrogens (tertiary/aromatic N) is 5. The molecule has 0 aliphatic carbocycles. The number of hydrogen-bond donors (Lipinski definition) is 1. The molecule has 2 aromatic heterocycles. The van der Waals surface area contributed by atoms with Gasteiger partial charge in [-0.2, -0.15) is 0 Å². The number of pyridine rings is 1. The van der Waals surface area contributed by atoms with Gasteiger partial charge in [0.25, 0.3) is 0 Å². The molecule has 1 aliphatic rings. The average Bonchev–Trinajstić information content (AvgIpc) is 2.88. The molecule has 0 atom stereocenters. The molecule has 0 saturated carbocycles. The van der Waals surface area contributed by atoms with Crippen LogP contribution >= 0.6 is 0 Å². The summed E-state index contributed by atoms with van der Waals surface area (Å²) in [7, 11) is 2.00. The molecule has 0 saturated heterocycles. The number of anilines is 5. The summed E-state index contributed by atoms with van der Waals surface area (Å²) in [5, 5.41) is 10.9. The van der Waals surface area contributed by atoms with Crippen LogP contribution in [-0.4, -0.2) is 27.1 Å². The molecule has 34 heavy (non-hydrogen) atoms. The van der Waals surface area contributed by atoms with Gasteiger partial charge in [-0.15, -0.1) is 23.8 Å². The number of para-hydroxylation sites is 2. The number of benzene rings is 3. The van der Waals surface area contributed by atoms with Gasteiger partial charge in [0.15, 0.2) is 5.82 Å². The zero-order valence-electron chi connectivity index (χ0n) is 21.0. The van der Waals surface area contributed by atoms with E-state index in [2.05, 4.69) is 25.9 Å². The van der Waals surface area contributed by atoms with E-state index in [0.29, 0.717) is 22.5 Å². The molecule has 0 unspecified atom stereocenters. The first-order valence-electron chi connectivity index (χ1n) is 11.9. The minimum Gasteiger partial charge on any atom is -0.506 e. The van der Waals surface area contributed by atoms with Crippen molar-refractivity contribution in [3.8, 4) is 17.0 Å². The molecule has 0 amide bonds. The number of aromatic hydroxyl groups is 1. The number of fused-ring (bicyclic) bond motifs is 3. The largest absolute Gasteiger partial charge is 0.506 e. The van der Waals surface area contributed by atoms with Crippen molar-refractivity contribution < 1.29 is 30.3 Å². The molecule has 1 N–H and O–H groups in total. The summed E-state index contributed by atoms with van der Waals surface area (Å²) in [4.78, 5) is 17.5. The normalized spacial score (nSPS) is 13.9. The molecule has 0 bridgehead atoms. The van der Waals surface area contributed by atoms with Crippen molar-refractivity contribution >= 4 is 39.5 Å². The van der Waals surface area contributed by atoms with Crippen LogP contribution < -0.4 is 9.80 Å². The first-order valence-corrected chi connectivity index (χ1v) is 10.4. The number of rotatable bonds is 2. The fourth-order valence-corrected chi connectivity index (χ4v) is 4.25. The zero-order valence-corrected chi connectivity index (χ0v) is 20.3. The Bertz CT molecular complexity index is 1630. The van der Waals surface area contributed by atoms with Crippen molar-refractivity contribution in [1.29, 1.82) is 0 Å². The van der Waals surface area contributed by atoms with Gasteiger partial charge in [0.1, 0.15) is 11.3 Å². The van der Waals surface area contributed by atoms with E-state index >= 15 is 0 Å². The summed E-state index contributed by atoms with van der Waals surface area (Å²) in [6.45, 7) is -2.32. The van der Waals surface area contributed by atoms with Gasteiger partial charge in [0.05, 0.1) is 17.6 Å². The monoisotopic (exact) mass is 628 g/mol. The Morgan fingerprint density at radius 3 is 2.59 bits per heavy atom. The second kappa shape index (κ2) is 8.54. The fourth-order valence-electron chi connectivity index (χ4n) is 4.25. The molecular weight excluding hydrogens is 605 g/mol. The van der Waals surface area contributed by atoms with Gasteiger partial charge in [0.2, 0.25) is 0 Å². The molecular formula is C27H20N5OPt-. The first kappa shape index (κ1) is 18.6. The van der Waals surface area contributed by atoms with Crippen LogP contribution in [0.5, 0.6) is 5.75 Å². The van der Waals surface area contributed by atoms with Crippen molar-refractivity contribution in [3.63, 3.8) is 0 Å². The maximum absolute atomic E-state index is 10.5. The fraction of sp³-hybridized carbons (Fsp3) is 0.0741. The Labute approximate surface area is 216 Å². The van der Waals surface area contributed by atoms with Gasteiger partial charge in [-0.05, 0) is 47.7 Å². The molecule has 3 aromatic carbocycles. The summed E-state index contributed by atoms with van der Waals surface area (Å²) < 4.78 is 23.5. The van der Waals surface area contributed by atoms with E-state index in [0.717, 1.165) is 22.7 Å². The van der Waals surface area contributed by atoms with Crippen molar-refractivity contribution in [2.24, 2.45) is 0 Å². The predicted molar refractivity (Wildman–Crippen MR) is 131 cm³/mol. The van der Waals surface area contributed by atoms with Gasteiger partial charge >= 0.3 is 0 Å². The molecule has 170 valence electrons. The van der Waals surface area contributed by atoms with Crippen molar-refractivity contribution in [1.82, 2.24) is 15.0 Å². The Kier molecular flexibility index (Phi) is 4.68. The minimum absolute atomic E-state index is 0. The summed E-state index contributed by atoms with van der Waals surface area (Å²) in [6, 6.07) is 21.7. The predicted octanol–water partition coefficient (Wildman–Crippen LogP) is 6.05. The molecule has 3 heterocycles. The quantitative estimate of drug-likeness (QED) is 0.240. The van der Waals surface area contributed by atoms with Crippen molar-refractivity contribution in [3.05, 3.63) is 90.9 Å². The SMILES string of the molecule is [2H]C([2H])([2H])c1ccc(O)c2nc(-c3[c-]c4c(cc3)N(C)c3ccccc3N4c3cnccn3)ccc12.[Pt]. The van der Waals surface area contributed by atoms with Crippen LogP contribution in [0.15, 0.2) is 79.3 Å². The van der Waals surface area contributed by atoms with Gasteiger partial charge in [0, 0.05) is 50.0 Å². The Balaban J connectivity index is 0.00000280. The van der Waals surface area contributed by atoms with E-state index in [1.165, 1.54) is 12.1 Å². The van der Waals surface area contributed by atoms with Crippen molar-refractivity contribution in [2.75, 3.05) is 16.8 Å². The van der Waals surface area contributed by atoms with Crippen LogP contribution in [0.4, 0.5) is 28.6 Å². The van der Waals surface area contributed by atoms with Gasteiger partial charge in [-0.3, -0.25) is 9.97 Å². The van der Waals surface area contributed by atoms with Gasteiger partial charge in [-0.25, -0.2) is 4.98 Å². The summed E-state index contributed by atoms with van der Waals surface area (Å²) in [6.07, 6.45) is 4.98. The molecule has 6 rings (SSSR count). The summed E-state index contributed by atoms with van der Waals surface area (Å²) >= 11 is 0. The van der Waals surface area contributed by atoms with E-state index in [1.807, 2.05) is 48.3 Å². The third-order valence-corrected chi connectivity index (χ3v) is 5.86. The van der Waals surface area contributed by atoms with Gasteiger partial charge in [-0.1, -0.05) is 30.3 Å². The van der Waals surface area contributed by atoms with E-state index in [-0.39, 0.29) is 37.9 Å². The molecule has 7 heteroatoms. The number of aromatic nitrogens is 3. The van der Waals surface area contributed by atoms with Crippen LogP contribution in [0, 0.1) is 12.9 Å². The zero-order chi connectivity index (χ0) is 25.0. The van der Waals surface area contributed by atoms with Gasteiger partial charge < -0.3 is 14.9 Å². The molecule has 1 aliphatic heterocycles. The van der Waals surface area contributed by atoms with E-state index < -0.39 is 6.85 Å². The molecule has 0 spiro atoms. The van der Waals surface area contributed by atoms with Crippen LogP contribution in [0.3, 0.4) is 0 Å². The summed E-state index contributed by atoms with van der Waals surface area (Å²) in [5.74, 6) is 0.576.